The van der Waals surface area contributed by atoms with E-state index in [0.717, 1.165) is 29.7 Å². The van der Waals surface area contributed by atoms with Crippen molar-refractivity contribution in [2.75, 3.05) is 25.5 Å². The number of carbonyl (C=O) groups is 1. The molecule has 1 fully saturated rings. The molecule has 0 saturated carbocycles. The Hall–Kier alpha value is -1.92. The standard InChI is InChI=1S/C20H23FN2O2S/c21-18-5-3-17(4-6-18)20(7-10-25-11-8-20)15-23-19(24)14-26-13-16-2-1-9-22-12-16/h1-6,9,12H,7-8,10-11,13-15H2,(H,23,24). The first kappa shape index (κ1) is 18.9. The van der Waals surface area contributed by atoms with Crippen LogP contribution in [-0.2, 0) is 20.7 Å². The average Bonchev–Trinajstić information content (AvgIpc) is 2.68. The smallest absolute Gasteiger partial charge is 0.230 e. The monoisotopic (exact) mass is 374 g/mol. The van der Waals surface area contributed by atoms with E-state index < -0.39 is 0 Å². The van der Waals surface area contributed by atoms with Gasteiger partial charge in [-0.3, -0.25) is 9.78 Å². The number of rotatable bonds is 7. The number of amides is 1. The number of ether oxygens (including phenoxy) is 1. The van der Waals surface area contributed by atoms with Crippen LogP contribution >= 0.6 is 11.8 Å². The van der Waals surface area contributed by atoms with Gasteiger partial charge in [0.2, 0.25) is 5.91 Å². The summed E-state index contributed by atoms with van der Waals surface area (Å²) in [5.41, 5.74) is 1.98. The predicted molar refractivity (Wildman–Crippen MR) is 102 cm³/mol. The third-order valence-corrected chi connectivity index (χ3v) is 5.76. The summed E-state index contributed by atoms with van der Waals surface area (Å²) in [5.74, 6) is 0.946. The Morgan fingerprint density at radius 3 is 2.69 bits per heavy atom. The summed E-state index contributed by atoms with van der Waals surface area (Å²) < 4.78 is 18.8. The fourth-order valence-corrected chi connectivity index (χ4v) is 3.99. The number of nitrogens with one attached hydrogen (secondary N) is 1. The molecule has 1 aromatic heterocycles. The highest BCUT2D eigenvalue weighted by Crippen LogP contribution is 2.34. The Morgan fingerprint density at radius 1 is 1.23 bits per heavy atom. The molecule has 1 aromatic carbocycles. The molecule has 0 aliphatic carbocycles. The summed E-state index contributed by atoms with van der Waals surface area (Å²) in [7, 11) is 0. The van der Waals surface area contributed by atoms with Gasteiger partial charge >= 0.3 is 0 Å². The molecule has 2 heterocycles. The van der Waals surface area contributed by atoms with Crippen LogP contribution in [0.4, 0.5) is 4.39 Å². The zero-order valence-corrected chi connectivity index (χ0v) is 15.4. The quantitative estimate of drug-likeness (QED) is 0.808. The van der Waals surface area contributed by atoms with Crippen molar-refractivity contribution < 1.29 is 13.9 Å². The molecule has 4 nitrogen and oxygen atoms in total. The van der Waals surface area contributed by atoms with E-state index in [4.69, 9.17) is 4.74 Å². The van der Waals surface area contributed by atoms with Gasteiger partial charge in [-0.1, -0.05) is 18.2 Å². The second-order valence-electron chi connectivity index (χ2n) is 6.53. The molecule has 6 heteroatoms. The molecular weight excluding hydrogens is 351 g/mol. The number of halogens is 1. The number of aromatic nitrogens is 1. The summed E-state index contributed by atoms with van der Waals surface area (Å²) in [6.07, 6.45) is 5.20. The molecule has 26 heavy (non-hydrogen) atoms. The van der Waals surface area contributed by atoms with Crippen molar-refractivity contribution in [2.45, 2.75) is 24.0 Å². The maximum absolute atomic E-state index is 13.3. The maximum atomic E-state index is 13.3. The Bertz CT molecular complexity index is 704. The Labute approximate surface area is 157 Å². The lowest BCUT2D eigenvalue weighted by Gasteiger charge is -2.38. The number of nitrogens with zero attached hydrogens (tertiary/aromatic N) is 1. The molecule has 0 spiro atoms. The number of hydrogen-bond donors (Lipinski definition) is 1. The third-order valence-electron chi connectivity index (χ3n) is 4.76. The van der Waals surface area contributed by atoms with Crippen LogP contribution in [0, 0.1) is 5.82 Å². The lowest BCUT2D eigenvalue weighted by atomic mass is 9.74. The lowest BCUT2D eigenvalue weighted by Crippen LogP contribution is -2.45. The highest BCUT2D eigenvalue weighted by atomic mass is 32.2. The Morgan fingerprint density at radius 2 is 2.00 bits per heavy atom. The van der Waals surface area contributed by atoms with Crippen molar-refractivity contribution in [3.05, 3.63) is 65.7 Å². The molecule has 1 N–H and O–H groups in total. The number of pyridine rings is 1. The van der Waals surface area contributed by atoms with E-state index in [0.29, 0.717) is 25.5 Å². The molecule has 138 valence electrons. The van der Waals surface area contributed by atoms with Crippen LogP contribution in [0.2, 0.25) is 0 Å². The summed E-state index contributed by atoms with van der Waals surface area (Å²) in [6, 6.07) is 10.5. The first-order valence-corrected chi connectivity index (χ1v) is 9.91. The number of carbonyl (C=O) groups excluding carboxylic acids is 1. The van der Waals surface area contributed by atoms with Crippen molar-refractivity contribution >= 4 is 17.7 Å². The van der Waals surface area contributed by atoms with E-state index in [2.05, 4.69) is 10.3 Å². The van der Waals surface area contributed by atoms with Gasteiger partial charge in [-0.25, -0.2) is 4.39 Å². The molecule has 0 atom stereocenters. The molecule has 0 radical (unpaired) electrons. The summed E-state index contributed by atoms with van der Waals surface area (Å²) in [5, 5.41) is 3.07. The SMILES string of the molecule is O=C(CSCc1cccnc1)NCC1(c2ccc(F)cc2)CCOCC1. The lowest BCUT2D eigenvalue weighted by molar-refractivity contribution is -0.119. The topological polar surface area (TPSA) is 51.2 Å². The second-order valence-corrected chi connectivity index (χ2v) is 7.52. The number of hydrogen-bond acceptors (Lipinski definition) is 4. The molecule has 3 rings (SSSR count). The molecule has 0 unspecified atom stereocenters. The summed E-state index contributed by atoms with van der Waals surface area (Å²) >= 11 is 1.57. The van der Waals surface area contributed by atoms with E-state index in [1.807, 2.05) is 30.5 Å². The Kier molecular flexibility index (Phi) is 6.63. The fourth-order valence-electron chi connectivity index (χ4n) is 3.20. The van der Waals surface area contributed by atoms with E-state index in [9.17, 15) is 9.18 Å². The van der Waals surface area contributed by atoms with Gasteiger partial charge in [-0.2, -0.15) is 0 Å². The summed E-state index contributed by atoms with van der Waals surface area (Å²) in [4.78, 5) is 16.3. The molecule has 1 aliphatic rings. The molecular formula is C20H23FN2O2S. The number of thioether (sulfide) groups is 1. The fraction of sp³-hybridized carbons (Fsp3) is 0.400. The van der Waals surface area contributed by atoms with Crippen LogP contribution in [0.3, 0.4) is 0 Å². The molecule has 0 bridgehead atoms. The normalized spacial score (nSPS) is 16.2. The van der Waals surface area contributed by atoms with Gasteiger partial charge in [0, 0.05) is 43.3 Å². The van der Waals surface area contributed by atoms with Crippen molar-refractivity contribution in [3.63, 3.8) is 0 Å². The number of benzene rings is 1. The van der Waals surface area contributed by atoms with Gasteiger partial charge in [0.15, 0.2) is 0 Å². The van der Waals surface area contributed by atoms with Crippen molar-refractivity contribution in [1.29, 1.82) is 0 Å². The minimum Gasteiger partial charge on any atom is -0.381 e. The van der Waals surface area contributed by atoms with E-state index >= 15 is 0 Å². The second kappa shape index (κ2) is 9.14. The predicted octanol–water partition coefficient (Wildman–Crippen LogP) is 3.32. The summed E-state index contributed by atoms with van der Waals surface area (Å²) in [6.45, 7) is 1.86. The van der Waals surface area contributed by atoms with E-state index in [-0.39, 0.29) is 17.1 Å². The van der Waals surface area contributed by atoms with Crippen LogP contribution in [-0.4, -0.2) is 36.4 Å². The van der Waals surface area contributed by atoms with Crippen molar-refractivity contribution in [3.8, 4) is 0 Å². The van der Waals surface area contributed by atoms with Gasteiger partial charge in [0.05, 0.1) is 5.75 Å². The van der Waals surface area contributed by atoms with Gasteiger partial charge < -0.3 is 10.1 Å². The van der Waals surface area contributed by atoms with Crippen LogP contribution in [0.25, 0.3) is 0 Å². The molecule has 1 aliphatic heterocycles. The molecule has 1 amide bonds. The van der Waals surface area contributed by atoms with Crippen LogP contribution in [0.1, 0.15) is 24.0 Å². The largest absolute Gasteiger partial charge is 0.381 e. The highest BCUT2D eigenvalue weighted by molar-refractivity contribution is 7.99. The van der Waals surface area contributed by atoms with Gasteiger partial charge in [-0.15, -0.1) is 11.8 Å². The molecule has 2 aromatic rings. The minimum atomic E-state index is -0.244. The zero-order valence-electron chi connectivity index (χ0n) is 14.6. The van der Waals surface area contributed by atoms with Gasteiger partial charge in [0.25, 0.3) is 0 Å². The zero-order chi connectivity index (χ0) is 18.2. The van der Waals surface area contributed by atoms with Gasteiger partial charge in [0.1, 0.15) is 5.82 Å². The van der Waals surface area contributed by atoms with Crippen molar-refractivity contribution in [2.24, 2.45) is 0 Å². The van der Waals surface area contributed by atoms with E-state index in [1.54, 1.807) is 18.0 Å². The molecule has 1 saturated heterocycles. The van der Waals surface area contributed by atoms with Crippen LogP contribution < -0.4 is 5.32 Å². The minimum absolute atomic E-state index is 0.0202. The maximum Gasteiger partial charge on any atom is 0.230 e. The first-order chi connectivity index (χ1) is 12.7. The van der Waals surface area contributed by atoms with Crippen LogP contribution in [0.5, 0.6) is 0 Å². The highest BCUT2D eigenvalue weighted by Gasteiger charge is 2.34. The Balaban J connectivity index is 1.54. The van der Waals surface area contributed by atoms with Crippen LogP contribution in [0.15, 0.2) is 48.8 Å². The van der Waals surface area contributed by atoms with E-state index in [1.165, 1.54) is 12.1 Å². The first-order valence-electron chi connectivity index (χ1n) is 8.75. The van der Waals surface area contributed by atoms with Gasteiger partial charge in [-0.05, 0) is 42.2 Å². The average molecular weight is 374 g/mol. The van der Waals surface area contributed by atoms with Crippen molar-refractivity contribution in [1.82, 2.24) is 10.3 Å². The third kappa shape index (κ3) is 5.05.